The third-order valence-electron chi connectivity index (χ3n) is 3.98. The van der Waals surface area contributed by atoms with Crippen LogP contribution < -0.4 is 0 Å². The van der Waals surface area contributed by atoms with Gasteiger partial charge in [-0.05, 0) is 53.5 Å². The van der Waals surface area contributed by atoms with E-state index >= 15 is 0 Å². The highest BCUT2D eigenvalue weighted by Gasteiger charge is 2.29. The topological polar surface area (TPSA) is 38.5 Å². The van der Waals surface area contributed by atoms with Crippen LogP contribution in [0.5, 0.6) is 0 Å². The zero-order chi connectivity index (χ0) is 14.0. The first-order valence-electron chi connectivity index (χ1n) is 7.11. The van der Waals surface area contributed by atoms with E-state index in [4.69, 9.17) is 9.26 Å². The quantitative estimate of drug-likeness (QED) is 0.840. The van der Waals surface area contributed by atoms with E-state index in [2.05, 4.69) is 31.0 Å². The Labute approximate surface area is 116 Å². The molecule has 0 spiro atoms. The lowest BCUT2D eigenvalue weighted by molar-refractivity contribution is -0.0762. The van der Waals surface area contributed by atoms with Crippen LogP contribution in [0.15, 0.2) is 4.52 Å². The highest BCUT2D eigenvalue weighted by molar-refractivity contribution is 5.20. The molecule has 0 saturated carbocycles. The monoisotopic (exact) mass is 266 g/mol. The van der Waals surface area contributed by atoms with Crippen LogP contribution in [0.1, 0.15) is 43.7 Å². The van der Waals surface area contributed by atoms with Gasteiger partial charge in [0.1, 0.15) is 5.76 Å². The molecule has 1 saturated heterocycles. The highest BCUT2D eigenvalue weighted by Crippen LogP contribution is 2.29. The van der Waals surface area contributed by atoms with Gasteiger partial charge in [0, 0.05) is 25.3 Å². The van der Waals surface area contributed by atoms with Gasteiger partial charge in [0.25, 0.3) is 0 Å². The first kappa shape index (κ1) is 14.5. The van der Waals surface area contributed by atoms with Crippen molar-refractivity contribution in [1.82, 2.24) is 10.1 Å². The standard InChI is InChI=1S/C15H26N2O2/c1-11-14(12(2)19-16-11)10-17(5)9-13-6-7-18-15(3,4)8-13/h13H,6-10H2,1-5H3. The van der Waals surface area contributed by atoms with Crippen LogP contribution in [-0.4, -0.2) is 35.9 Å². The summed E-state index contributed by atoms with van der Waals surface area (Å²) in [4.78, 5) is 2.37. The zero-order valence-corrected chi connectivity index (χ0v) is 12.8. The van der Waals surface area contributed by atoms with E-state index in [1.54, 1.807) is 0 Å². The SMILES string of the molecule is Cc1noc(C)c1CN(C)CC1CCOC(C)(C)C1. The third kappa shape index (κ3) is 3.80. The van der Waals surface area contributed by atoms with Crippen LogP contribution in [0.25, 0.3) is 0 Å². The number of nitrogens with zero attached hydrogens (tertiary/aromatic N) is 2. The summed E-state index contributed by atoms with van der Waals surface area (Å²) in [5.74, 6) is 1.66. The third-order valence-corrected chi connectivity index (χ3v) is 3.98. The molecule has 0 bridgehead atoms. The first-order chi connectivity index (χ1) is 8.87. The minimum Gasteiger partial charge on any atom is -0.376 e. The van der Waals surface area contributed by atoms with Gasteiger partial charge < -0.3 is 14.2 Å². The van der Waals surface area contributed by atoms with Crippen molar-refractivity contribution < 1.29 is 9.26 Å². The molecule has 1 aliphatic heterocycles. The number of ether oxygens (including phenoxy) is 1. The summed E-state index contributed by atoms with van der Waals surface area (Å²) >= 11 is 0. The number of rotatable bonds is 4. The van der Waals surface area contributed by atoms with Crippen molar-refractivity contribution in [2.45, 2.75) is 52.7 Å². The van der Waals surface area contributed by atoms with Crippen LogP contribution >= 0.6 is 0 Å². The van der Waals surface area contributed by atoms with Gasteiger partial charge >= 0.3 is 0 Å². The smallest absolute Gasteiger partial charge is 0.138 e. The van der Waals surface area contributed by atoms with E-state index in [9.17, 15) is 0 Å². The second kappa shape index (κ2) is 5.63. The van der Waals surface area contributed by atoms with E-state index in [0.717, 1.165) is 44.0 Å². The minimum absolute atomic E-state index is 0.0345. The summed E-state index contributed by atoms with van der Waals surface area (Å²) in [7, 11) is 2.17. The zero-order valence-electron chi connectivity index (χ0n) is 12.8. The molecule has 1 aromatic rings. The van der Waals surface area contributed by atoms with Gasteiger partial charge in [0.15, 0.2) is 0 Å². The number of aryl methyl sites for hydroxylation is 2. The molecule has 1 aromatic heterocycles. The predicted molar refractivity (Wildman–Crippen MR) is 75.1 cm³/mol. The molecular formula is C15H26N2O2. The summed E-state index contributed by atoms with van der Waals surface area (Å²) in [6.45, 7) is 11.3. The Morgan fingerprint density at radius 3 is 2.68 bits per heavy atom. The van der Waals surface area contributed by atoms with Crippen LogP contribution in [0.4, 0.5) is 0 Å². The van der Waals surface area contributed by atoms with E-state index < -0.39 is 0 Å². The summed E-state index contributed by atoms with van der Waals surface area (Å²) in [6, 6.07) is 0. The first-order valence-corrected chi connectivity index (χ1v) is 7.11. The number of aromatic nitrogens is 1. The molecule has 0 radical (unpaired) electrons. The van der Waals surface area contributed by atoms with Crippen LogP contribution in [-0.2, 0) is 11.3 Å². The van der Waals surface area contributed by atoms with E-state index in [0.29, 0.717) is 5.92 Å². The van der Waals surface area contributed by atoms with Crippen LogP contribution in [0.3, 0.4) is 0 Å². The fourth-order valence-corrected chi connectivity index (χ4v) is 3.02. The van der Waals surface area contributed by atoms with Crippen molar-refractivity contribution in [3.63, 3.8) is 0 Å². The maximum Gasteiger partial charge on any atom is 0.138 e. The van der Waals surface area contributed by atoms with Crippen molar-refractivity contribution in [2.75, 3.05) is 20.2 Å². The summed E-state index contributed by atoms with van der Waals surface area (Å²) in [5.41, 5.74) is 2.28. The fourth-order valence-electron chi connectivity index (χ4n) is 3.02. The Balaban J connectivity index is 1.89. The summed E-state index contributed by atoms with van der Waals surface area (Å²) in [5, 5.41) is 4.02. The van der Waals surface area contributed by atoms with Crippen molar-refractivity contribution in [3.05, 3.63) is 17.0 Å². The normalized spacial score (nSPS) is 22.9. The second-order valence-electron chi connectivity index (χ2n) is 6.47. The van der Waals surface area contributed by atoms with Gasteiger partial charge in [-0.2, -0.15) is 0 Å². The molecule has 4 nitrogen and oxygen atoms in total. The maximum absolute atomic E-state index is 5.78. The van der Waals surface area contributed by atoms with Crippen molar-refractivity contribution in [2.24, 2.45) is 5.92 Å². The van der Waals surface area contributed by atoms with Crippen molar-refractivity contribution >= 4 is 0 Å². The molecule has 1 aliphatic rings. The van der Waals surface area contributed by atoms with Gasteiger partial charge in [-0.1, -0.05) is 5.16 Å². The second-order valence-corrected chi connectivity index (χ2v) is 6.47. The Hall–Kier alpha value is -0.870. The Morgan fingerprint density at radius 1 is 1.37 bits per heavy atom. The number of hydrogen-bond acceptors (Lipinski definition) is 4. The molecule has 19 heavy (non-hydrogen) atoms. The fraction of sp³-hybridized carbons (Fsp3) is 0.800. The molecule has 1 unspecified atom stereocenters. The van der Waals surface area contributed by atoms with E-state index in [-0.39, 0.29) is 5.60 Å². The Morgan fingerprint density at radius 2 is 2.11 bits per heavy atom. The van der Waals surface area contributed by atoms with Gasteiger partial charge in [0.2, 0.25) is 0 Å². The Bertz CT molecular complexity index is 406. The molecule has 1 atom stereocenters. The molecule has 2 heterocycles. The van der Waals surface area contributed by atoms with Gasteiger partial charge in [-0.3, -0.25) is 0 Å². The molecule has 4 heteroatoms. The molecule has 108 valence electrons. The largest absolute Gasteiger partial charge is 0.376 e. The molecule has 0 N–H and O–H groups in total. The molecular weight excluding hydrogens is 240 g/mol. The van der Waals surface area contributed by atoms with Gasteiger partial charge in [0.05, 0.1) is 11.3 Å². The summed E-state index contributed by atoms with van der Waals surface area (Å²) in [6.07, 6.45) is 2.30. The maximum atomic E-state index is 5.78. The lowest BCUT2D eigenvalue weighted by atomic mass is 9.88. The molecule has 2 rings (SSSR count). The van der Waals surface area contributed by atoms with Gasteiger partial charge in [-0.25, -0.2) is 0 Å². The average Bonchev–Trinajstić information content (AvgIpc) is 2.59. The lowest BCUT2D eigenvalue weighted by Gasteiger charge is -2.37. The highest BCUT2D eigenvalue weighted by atomic mass is 16.5. The number of hydrogen-bond donors (Lipinski definition) is 0. The molecule has 1 fully saturated rings. The molecule has 0 aliphatic carbocycles. The van der Waals surface area contributed by atoms with E-state index in [1.165, 1.54) is 5.56 Å². The van der Waals surface area contributed by atoms with Crippen molar-refractivity contribution in [1.29, 1.82) is 0 Å². The van der Waals surface area contributed by atoms with Crippen LogP contribution in [0, 0.1) is 19.8 Å². The van der Waals surface area contributed by atoms with E-state index in [1.807, 2.05) is 13.8 Å². The average molecular weight is 266 g/mol. The predicted octanol–water partition coefficient (Wildman–Crippen LogP) is 2.93. The van der Waals surface area contributed by atoms with Crippen LogP contribution in [0.2, 0.25) is 0 Å². The Kier molecular flexibility index (Phi) is 4.31. The van der Waals surface area contributed by atoms with Crippen molar-refractivity contribution in [3.8, 4) is 0 Å². The lowest BCUT2D eigenvalue weighted by Crippen LogP contribution is -2.38. The molecule has 0 aromatic carbocycles. The molecule has 0 amide bonds. The van der Waals surface area contributed by atoms with Gasteiger partial charge in [-0.15, -0.1) is 0 Å². The minimum atomic E-state index is 0.0345. The summed E-state index contributed by atoms with van der Waals surface area (Å²) < 4.78 is 11.0.